The summed E-state index contributed by atoms with van der Waals surface area (Å²) in [4.78, 5) is 22.2. The second-order valence-electron chi connectivity index (χ2n) is 6.20. The van der Waals surface area contributed by atoms with Crippen molar-refractivity contribution in [3.63, 3.8) is 0 Å². The average molecular weight is 344 g/mol. The average Bonchev–Trinajstić information content (AvgIpc) is 3.26. The molecule has 0 spiro atoms. The normalized spacial score (nSPS) is 17.8. The van der Waals surface area contributed by atoms with Crippen LogP contribution in [0.3, 0.4) is 0 Å². The molecular formula is C17H18ClN5O. The predicted molar refractivity (Wildman–Crippen MR) is 92.1 cm³/mol. The molecule has 1 amide bonds. The Morgan fingerprint density at radius 3 is 3.00 bits per heavy atom. The summed E-state index contributed by atoms with van der Waals surface area (Å²) in [6.07, 6.45) is 3.51. The largest absolute Gasteiger partial charge is 0.345 e. The van der Waals surface area contributed by atoms with E-state index in [1.165, 1.54) is 0 Å². The van der Waals surface area contributed by atoms with Crippen molar-refractivity contribution in [3.8, 4) is 0 Å². The number of aromatic amines is 1. The summed E-state index contributed by atoms with van der Waals surface area (Å²) in [6, 6.07) is 5.54. The zero-order valence-electron chi connectivity index (χ0n) is 13.6. The van der Waals surface area contributed by atoms with E-state index in [-0.39, 0.29) is 11.9 Å². The summed E-state index contributed by atoms with van der Waals surface area (Å²) in [5, 5.41) is 5.00. The molecule has 3 aromatic rings. The van der Waals surface area contributed by atoms with Gasteiger partial charge in [-0.2, -0.15) is 5.10 Å². The van der Waals surface area contributed by atoms with Crippen molar-refractivity contribution in [3.05, 3.63) is 46.5 Å². The molecule has 124 valence electrons. The molecule has 1 aromatic carbocycles. The number of aryl methyl sites for hydroxylation is 2. The van der Waals surface area contributed by atoms with E-state index in [0.29, 0.717) is 10.7 Å². The Morgan fingerprint density at radius 1 is 1.42 bits per heavy atom. The lowest BCUT2D eigenvalue weighted by Crippen LogP contribution is -2.30. The molecule has 2 aromatic heterocycles. The van der Waals surface area contributed by atoms with Crippen molar-refractivity contribution in [2.45, 2.75) is 25.8 Å². The minimum atomic E-state index is -0.0174. The van der Waals surface area contributed by atoms with E-state index in [9.17, 15) is 4.79 Å². The van der Waals surface area contributed by atoms with Gasteiger partial charge in [0.05, 0.1) is 29.1 Å². The van der Waals surface area contributed by atoms with Crippen LogP contribution >= 0.6 is 11.6 Å². The molecule has 1 saturated heterocycles. The number of carbonyl (C=O) groups excluding carboxylic acids is 1. The second kappa shape index (κ2) is 5.63. The van der Waals surface area contributed by atoms with Gasteiger partial charge in [0.2, 0.25) is 0 Å². The third-order valence-electron chi connectivity index (χ3n) is 4.71. The zero-order valence-corrected chi connectivity index (χ0v) is 14.3. The van der Waals surface area contributed by atoms with Crippen LogP contribution in [0.2, 0.25) is 5.15 Å². The molecule has 7 heteroatoms. The summed E-state index contributed by atoms with van der Waals surface area (Å²) >= 11 is 6.42. The highest BCUT2D eigenvalue weighted by Gasteiger charge is 2.34. The summed E-state index contributed by atoms with van der Waals surface area (Å²) in [6.45, 7) is 2.67. The van der Waals surface area contributed by atoms with Gasteiger partial charge in [-0.1, -0.05) is 11.6 Å². The number of hydrogen-bond donors (Lipinski definition) is 1. The quantitative estimate of drug-likeness (QED) is 0.776. The SMILES string of the molecule is Cc1nn(C)c(Cl)c1C1CCCN1C(=O)c1ccc2nc[nH]c2c1. The molecule has 0 bridgehead atoms. The number of imidazole rings is 1. The molecule has 3 heterocycles. The summed E-state index contributed by atoms with van der Waals surface area (Å²) in [5.74, 6) is 0.0216. The smallest absolute Gasteiger partial charge is 0.254 e. The minimum absolute atomic E-state index is 0.0174. The van der Waals surface area contributed by atoms with E-state index in [2.05, 4.69) is 15.1 Å². The van der Waals surface area contributed by atoms with Crippen molar-refractivity contribution >= 4 is 28.5 Å². The molecule has 1 N–H and O–H groups in total. The number of hydrogen-bond acceptors (Lipinski definition) is 3. The van der Waals surface area contributed by atoms with Gasteiger partial charge in [0.15, 0.2) is 0 Å². The molecule has 1 fully saturated rings. The number of likely N-dealkylation sites (tertiary alicyclic amines) is 1. The Balaban J connectivity index is 1.70. The second-order valence-corrected chi connectivity index (χ2v) is 6.56. The number of fused-ring (bicyclic) bond motifs is 1. The molecule has 1 atom stereocenters. The highest BCUT2D eigenvalue weighted by atomic mass is 35.5. The van der Waals surface area contributed by atoms with E-state index in [0.717, 1.165) is 41.7 Å². The van der Waals surface area contributed by atoms with E-state index in [4.69, 9.17) is 11.6 Å². The summed E-state index contributed by atoms with van der Waals surface area (Å²) in [5.41, 5.74) is 4.24. The maximum atomic E-state index is 13.0. The number of aromatic nitrogens is 4. The van der Waals surface area contributed by atoms with E-state index in [1.807, 2.05) is 37.1 Å². The van der Waals surface area contributed by atoms with E-state index < -0.39 is 0 Å². The van der Waals surface area contributed by atoms with Crippen molar-refractivity contribution in [2.24, 2.45) is 7.05 Å². The number of rotatable bonds is 2. The molecule has 1 unspecified atom stereocenters. The van der Waals surface area contributed by atoms with Crippen LogP contribution in [-0.4, -0.2) is 37.1 Å². The Kier molecular flexibility index (Phi) is 3.57. The van der Waals surface area contributed by atoms with Gasteiger partial charge in [-0.15, -0.1) is 0 Å². The van der Waals surface area contributed by atoms with Gasteiger partial charge in [0.25, 0.3) is 5.91 Å². The van der Waals surface area contributed by atoms with Gasteiger partial charge in [-0.05, 0) is 38.0 Å². The number of benzene rings is 1. The van der Waals surface area contributed by atoms with Crippen molar-refractivity contribution < 1.29 is 4.79 Å². The standard InChI is InChI=1S/C17H18ClN5O/c1-10-15(16(18)22(2)21-10)14-4-3-7-23(14)17(24)11-5-6-12-13(8-11)20-9-19-12/h5-6,8-9,14H,3-4,7H2,1-2H3,(H,19,20). The van der Waals surface area contributed by atoms with Crippen LogP contribution in [0.5, 0.6) is 0 Å². The zero-order chi connectivity index (χ0) is 16.8. The highest BCUT2D eigenvalue weighted by Crippen LogP contribution is 2.38. The van der Waals surface area contributed by atoms with Gasteiger partial charge in [0, 0.05) is 24.7 Å². The van der Waals surface area contributed by atoms with Crippen LogP contribution in [0, 0.1) is 6.92 Å². The molecular weight excluding hydrogens is 326 g/mol. The number of nitrogens with zero attached hydrogens (tertiary/aromatic N) is 4. The number of carbonyl (C=O) groups is 1. The Bertz CT molecular complexity index is 928. The van der Waals surface area contributed by atoms with E-state index in [1.54, 1.807) is 11.0 Å². The van der Waals surface area contributed by atoms with Gasteiger partial charge >= 0.3 is 0 Å². The van der Waals surface area contributed by atoms with E-state index >= 15 is 0 Å². The van der Waals surface area contributed by atoms with Crippen molar-refractivity contribution in [2.75, 3.05) is 6.54 Å². The molecule has 0 radical (unpaired) electrons. The third-order valence-corrected chi connectivity index (χ3v) is 5.16. The van der Waals surface area contributed by atoms with Gasteiger partial charge in [-0.25, -0.2) is 4.98 Å². The topological polar surface area (TPSA) is 66.8 Å². The number of halogens is 1. The van der Waals surface area contributed by atoms with Crippen LogP contribution in [0.1, 0.15) is 40.5 Å². The van der Waals surface area contributed by atoms with Crippen LogP contribution in [-0.2, 0) is 7.05 Å². The summed E-state index contributed by atoms with van der Waals surface area (Å²) in [7, 11) is 1.83. The number of H-pyrrole nitrogens is 1. The lowest BCUT2D eigenvalue weighted by molar-refractivity contribution is 0.0735. The molecule has 6 nitrogen and oxygen atoms in total. The third kappa shape index (κ3) is 2.29. The van der Waals surface area contributed by atoms with Crippen molar-refractivity contribution in [1.29, 1.82) is 0 Å². The van der Waals surface area contributed by atoms with Gasteiger partial charge in [0.1, 0.15) is 5.15 Å². The Hall–Kier alpha value is -2.34. The first-order valence-electron chi connectivity index (χ1n) is 7.99. The van der Waals surface area contributed by atoms with Crippen molar-refractivity contribution in [1.82, 2.24) is 24.6 Å². The predicted octanol–water partition coefficient (Wildman–Crippen LogP) is 3.24. The first-order chi connectivity index (χ1) is 11.6. The monoisotopic (exact) mass is 343 g/mol. The fraction of sp³-hybridized carbons (Fsp3) is 0.353. The maximum absolute atomic E-state index is 13.0. The van der Waals surface area contributed by atoms with Crippen LogP contribution < -0.4 is 0 Å². The van der Waals surface area contributed by atoms with Crippen LogP contribution in [0.4, 0.5) is 0 Å². The molecule has 1 aliphatic heterocycles. The molecule has 24 heavy (non-hydrogen) atoms. The Labute approximate surface area is 144 Å². The number of nitrogens with one attached hydrogen (secondary N) is 1. The number of amides is 1. The van der Waals surface area contributed by atoms with Gasteiger partial charge in [-0.3, -0.25) is 9.48 Å². The Morgan fingerprint density at radius 2 is 2.25 bits per heavy atom. The molecule has 0 aliphatic carbocycles. The van der Waals surface area contributed by atoms with Crippen LogP contribution in [0.15, 0.2) is 24.5 Å². The molecule has 4 rings (SSSR count). The van der Waals surface area contributed by atoms with Gasteiger partial charge < -0.3 is 9.88 Å². The fourth-order valence-electron chi connectivity index (χ4n) is 3.57. The summed E-state index contributed by atoms with van der Waals surface area (Å²) < 4.78 is 1.67. The molecule has 0 saturated carbocycles. The first kappa shape index (κ1) is 15.2. The fourth-order valence-corrected chi connectivity index (χ4v) is 3.87. The van der Waals surface area contributed by atoms with Crippen LogP contribution in [0.25, 0.3) is 11.0 Å². The lowest BCUT2D eigenvalue weighted by Gasteiger charge is -2.25. The minimum Gasteiger partial charge on any atom is -0.345 e. The maximum Gasteiger partial charge on any atom is 0.254 e. The first-order valence-corrected chi connectivity index (χ1v) is 8.37. The highest BCUT2D eigenvalue weighted by molar-refractivity contribution is 6.30. The lowest BCUT2D eigenvalue weighted by atomic mass is 10.0. The molecule has 1 aliphatic rings.